The van der Waals surface area contributed by atoms with Crippen LogP contribution in [0.4, 0.5) is 0 Å². The van der Waals surface area contributed by atoms with E-state index < -0.39 is 0 Å². The molecule has 0 aliphatic heterocycles. The molecule has 0 heterocycles. The van der Waals surface area contributed by atoms with Crippen molar-refractivity contribution in [3.63, 3.8) is 0 Å². The summed E-state index contributed by atoms with van der Waals surface area (Å²) in [6.07, 6.45) is 10.0. The minimum atomic E-state index is -0.222. The summed E-state index contributed by atoms with van der Waals surface area (Å²) in [5.74, 6) is 0. The molecular formula is C7H5FeNaO2-. The summed E-state index contributed by atoms with van der Waals surface area (Å²) in [4.78, 5) is 20.7. The van der Waals surface area contributed by atoms with E-state index in [0.717, 1.165) is 6.42 Å². The number of allylic oxidation sites excluding steroid dienone is 4. The van der Waals surface area contributed by atoms with E-state index in [2.05, 4.69) is 12.2 Å². The average molecular weight is 200 g/mol. The SMILES string of the molecule is O=[C]=[Fe]=[C]=O.[C-]1=CC=CC1.[Na]. The van der Waals surface area contributed by atoms with Crippen LogP contribution in [0.15, 0.2) is 18.2 Å². The maximum atomic E-state index is 9.02. The summed E-state index contributed by atoms with van der Waals surface area (Å²) < 4.78 is 0. The molecule has 0 aromatic heterocycles. The van der Waals surface area contributed by atoms with Crippen molar-refractivity contribution in [1.29, 1.82) is 0 Å². The van der Waals surface area contributed by atoms with E-state index in [1.807, 2.05) is 12.2 Å². The summed E-state index contributed by atoms with van der Waals surface area (Å²) >= 11 is -0.222. The first-order valence-electron chi connectivity index (χ1n) is 2.48. The molecule has 1 radical (unpaired) electrons. The molecule has 0 N–H and O–H groups in total. The van der Waals surface area contributed by atoms with Gasteiger partial charge in [-0.1, -0.05) is 0 Å². The Morgan fingerprint density at radius 1 is 1.36 bits per heavy atom. The van der Waals surface area contributed by atoms with E-state index in [4.69, 9.17) is 9.59 Å². The van der Waals surface area contributed by atoms with Crippen molar-refractivity contribution in [3.8, 4) is 0 Å². The molecule has 0 aromatic carbocycles. The molecule has 11 heavy (non-hydrogen) atoms. The van der Waals surface area contributed by atoms with Crippen LogP contribution in [0.1, 0.15) is 6.42 Å². The fourth-order valence-electron chi connectivity index (χ4n) is 0.355. The predicted octanol–water partition coefficient (Wildman–Crippen LogP) is 0.128. The Bertz CT molecular complexity index is 219. The number of carbonyl (C=O) groups excluding carboxylic acids is 2. The predicted molar refractivity (Wildman–Crippen MR) is 38.7 cm³/mol. The smallest absolute Gasteiger partial charge is 0 e. The molecule has 4 heteroatoms. The zero-order valence-electron chi connectivity index (χ0n) is 6.11. The molecule has 0 amide bonds. The second-order valence-corrected chi connectivity index (χ2v) is 1.96. The first kappa shape index (κ1) is 13.7. The van der Waals surface area contributed by atoms with Gasteiger partial charge in [0.25, 0.3) is 0 Å². The van der Waals surface area contributed by atoms with Gasteiger partial charge >= 0.3 is 33.2 Å². The van der Waals surface area contributed by atoms with Gasteiger partial charge in [0.05, 0.1) is 0 Å². The molecule has 1 aliphatic rings. The fraction of sp³-hybridized carbons (Fsp3) is 0.143. The fourth-order valence-corrected chi connectivity index (χ4v) is 0.401. The van der Waals surface area contributed by atoms with Crippen LogP contribution in [-0.2, 0) is 23.7 Å². The van der Waals surface area contributed by atoms with E-state index in [1.165, 1.54) is 9.57 Å². The van der Waals surface area contributed by atoms with Crippen LogP contribution in [0.25, 0.3) is 0 Å². The van der Waals surface area contributed by atoms with Crippen molar-refractivity contribution in [3.05, 3.63) is 24.3 Å². The quantitative estimate of drug-likeness (QED) is 0.411. The third-order valence-corrected chi connectivity index (χ3v) is 0.883. The van der Waals surface area contributed by atoms with Crippen molar-refractivity contribution in [1.82, 2.24) is 0 Å². The molecule has 55 valence electrons. The molecule has 0 aromatic rings. The average Bonchev–Trinajstić information content (AvgIpc) is 2.44. The van der Waals surface area contributed by atoms with Gasteiger partial charge in [-0.2, -0.15) is 6.08 Å². The van der Waals surface area contributed by atoms with Gasteiger partial charge in [-0.25, -0.2) is 12.2 Å². The van der Waals surface area contributed by atoms with E-state index >= 15 is 0 Å². The van der Waals surface area contributed by atoms with Gasteiger partial charge < -0.3 is 0 Å². The topological polar surface area (TPSA) is 34.1 Å². The molecular weight excluding hydrogens is 195 g/mol. The maximum absolute atomic E-state index is 9.02. The third kappa shape index (κ3) is 13.2. The zero-order chi connectivity index (χ0) is 7.66. The minimum Gasteiger partial charge on any atom is -0.273 e. The maximum Gasteiger partial charge on any atom is 0 e. The van der Waals surface area contributed by atoms with Gasteiger partial charge in [-0.15, -0.1) is 6.42 Å². The third-order valence-electron chi connectivity index (χ3n) is 0.658. The Kier molecular flexibility index (Phi) is 16.0. The molecule has 0 bridgehead atoms. The van der Waals surface area contributed by atoms with Crippen LogP contribution in [0.2, 0.25) is 0 Å². The zero-order valence-corrected chi connectivity index (χ0v) is 9.21. The van der Waals surface area contributed by atoms with E-state index in [-0.39, 0.29) is 43.6 Å². The molecule has 0 spiro atoms. The monoisotopic (exact) mass is 200 g/mol. The molecule has 0 unspecified atom stereocenters. The first-order valence-corrected chi connectivity index (χ1v) is 3.58. The second-order valence-electron chi connectivity index (χ2n) is 1.24. The Labute approximate surface area is 92.9 Å². The van der Waals surface area contributed by atoms with Crippen LogP contribution >= 0.6 is 0 Å². The molecule has 0 saturated heterocycles. The van der Waals surface area contributed by atoms with Gasteiger partial charge in [0.1, 0.15) is 0 Å². The summed E-state index contributed by atoms with van der Waals surface area (Å²) in [6.45, 7) is 0. The van der Waals surface area contributed by atoms with E-state index in [0.29, 0.717) is 0 Å². The first-order chi connectivity index (χ1) is 4.91. The Hall–Kier alpha value is 0.159. The number of hydrogen-bond donors (Lipinski definition) is 0. The van der Waals surface area contributed by atoms with Gasteiger partial charge in [-0.05, 0) is 0 Å². The largest absolute Gasteiger partial charge is 0.273 e. The van der Waals surface area contributed by atoms with Crippen LogP contribution in [0.3, 0.4) is 0 Å². The molecule has 1 aliphatic carbocycles. The summed E-state index contributed by atoms with van der Waals surface area (Å²) in [7, 11) is 0. The van der Waals surface area contributed by atoms with Gasteiger partial charge in [0.2, 0.25) is 0 Å². The number of rotatable bonds is 0. The van der Waals surface area contributed by atoms with Gasteiger partial charge in [0.15, 0.2) is 0 Å². The van der Waals surface area contributed by atoms with Crippen molar-refractivity contribution in [2.24, 2.45) is 0 Å². The van der Waals surface area contributed by atoms with Crippen LogP contribution in [0, 0.1) is 6.08 Å². The van der Waals surface area contributed by atoms with Crippen molar-refractivity contribution >= 4 is 39.1 Å². The number of hydrogen-bond acceptors (Lipinski definition) is 2. The standard InChI is InChI=1S/C5H5.2CO.Fe.Na/c1-2-4-5-3-1;2*1-2;;/h1-3H,4H2;;;;/q-1;;;;. The molecule has 1 rings (SSSR count). The van der Waals surface area contributed by atoms with Crippen LogP contribution in [-0.4, -0.2) is 39.1 Å². The normalized spacial score (nSPS) is 10.2. The van der Waals surface area contributed by atoms with Crippen LogP contribution in [0.5, 0.6) is 0 Å². The Morgan fingerprint density at radius 3 is 2.09 bits per heavy atom. The van der Waals surface area contributed by atoms with Gasteiger partial charge in [-0.3, -0.25) is 6.08 Å². The van der Waals surface area contributed by atoms with Crippen molar-refractivity contribution in [2.75, 3.05) is 0 Å². The summed E-state index contributed by atoms with van der Waals surface area (Å²) in [5, 5.41) is 0. The summed E-state index contributed by atoms with van der Waals surface area (Å²) in [6, 6.07) is 0. The molecule has 0 atom stereocenters. The van der Waals surface area contributed by atoms with E-state index in [1.54, 1.807) is 0 Å². The summed E-state index contributed by atoms with van der Waals surface area (Å²) in [5.41, 5.74) is 0. The molecule has 2 nitrogen and oxygen atoms in total. The van der Waals surface area contributed by atoms with Gasteiger partial charge in [0, 0.05) is 29.6 Å². The van der Waals surface area contributed by atoms with Crippen molar-refractivity contribution < 1.29 is 23.7 Å². The minimum absolute atomic E-state index is 0. The van der Waals surface area contributed by atoms with Crippen LogP contribution < -0.4 is 0 Å². The Balaban J connectivity index is 0. The Morgan fingerprint density at radius 2 is 2.00 bits per heavy atom. The second kappa shape index (κ2) is 12.8. The molecule has 0 fully saturated rings. The van der Waals surface area contributed by atoms with Crippen molar-refractivity contribution in [2.45, 2.75) is 6.42 Å². The molecule has 0 saturated carbocycles. The van der Waals surface area contributed by atoms with E-state index in [9.17, 15) is 0 Å².